The topological polar surface area (TPSA) is 237 Å². The maximum absolute atomic E-state index is 11.2. The number of carbonyl (C=O) groups is 2. The van der Waals surface area contributed by atoms with Gasteiger partial charge in [0, 0.05) is 24.9 Å². The van der Waals surface area contributed by atoms with E-state index in [2.05, 4.69) is 34.6 Å². The van der Waals surface area contributed by atoms with Gasteiger partial charge in [0.25, 0.3) is 0 Å². The molecule has 5 N–H and O–H groups in total. The summed E-state index contributed by atoms with van der Waals surface area (Å²) in [5, 5.41) is 47.6. The number of fused-ring (bicyclic) bond motifs is 1. The Labute approximate surface area is 529 Å². The van der Waals surface area contributed by atoms with Crippen molar-refractivity contribution in [3.63, 3.8) is 0 Å². The van der Waals surface area contributed by atoms with Gasteiger partial charge in [-0.1, -0.05) is 41.5 Å². The van der Waals surface area contributed by atoms with Crippen molar-refractivity contribution in [1.29, 1.82) is 0 Å². The molecule has 87 heavy (non-hydrogen) atoms. The average Bonchev–Trinajstić information content (AvgIpc) is 2.33. The Hall–Kier alpha value is -1.30. The van der Waals surface area contributed by atoms with E-state index in [1.165, 1.54) is 0 Å². The van der Waals surface area contributed by atoms with E-state index >= 15 is 0 Å². The molecule has 0 unspecified atom stereocenters. The standard InChI is InChI=1S/C11H20O2.C10H18O3.C10H20O3.C10H20O2.2C9H18O3.C9H16O2.CH4/c1-8(2)13-11-6-4-5-10(7-11)9(3)12;1-6(2)13-9-4-3-7-8(11)5-12-10(7)9;1-4-10-9(11)5-8(6-12-10)13-7(2)3;1-4-10(7-11)5-9(6-10)12-8(2)3;2*1-4-7-9(10)8(5-11-7)12-6(2)3;1-7(2)11-6-9(4-5-9)8(3)10;/h8,10-11H,4-7H2,1-3H3;6-11H,3-5H2,1-2H3;7-11H,4-6H2,1-3H3;8-9,11H,4-7H2,1-3H3;2*6-10H,4-5H2,1-3H3;7H,4-6H2,1-3H3;1H4/t10-,11-;7-,8-,9-,10+;8-,9+,10-;;2*7-,8+,9-;;/m011.10../s1. The number of rotatable bonds is 22. The van der Waals surface area contributed by atoms with Gasteiger partial charge in [-0.25, -0.2) is 0 Å². The molecule has 0 amide bonds. The number of ketones is 2. The van der Waals surface area contributed by atoms with Gasteiger partial charge in [-0.2, -0.15) is 0 Å². The minimum Gasteiger partial charge on any atom is -0.396 e. The molecule has 4 aliphatic carbocycles. The highest BCUT2D eigenvalue weighted by Gasteiger charge is 2.48. The molecule has 0 aromatic carbocycles. The van der Waals surface area contributed by atoms with E-state index < -0.39 is 12.2 Å². The van der Waals surface area contributed by atoms with Crippen molar-refractivity contribution >= 4 is 11.6 Å². The average molecular weight is 1250 g/mol. The zero-order chi connectivity index (χ0) is 65.1. The highest BCUT2D eigenvalue weighted by atomic mass is 16.6. The van der Waals surface area contributed by atoms with Crippen LogP contribution in [-0.2, 0) is 61.7 Å². The molecule has 18 nitrogen and oxygen atoms in total. The number of hydrogen-bond acceptors (Lipinski definition) is 18. The van der Waals surface area contributed by atoms with Crippen molar-refractivity contribution in [3.8, 4) is 0 Å². The van der Waals surface area contributed by atoms with Gasteiger partial charge in [-0.05, 0) is 200 Å². The molecule has 0 radical (unpaired) electrons. The smallest absolute Gasteiger partial charge is 0.138 e. The van der Waals surface area contributed by atoms with E-state index in [1.54, 1.807) is 13.8 Å². The maximum atomic E-state index is 11.2. The van der Waals surface area contributed by atoms with Gasteiger partial charge < -0.3 is 77.6 Å². The predicted molar refractivity (Wildman–Crippen MR) is 343 cm³/mol. The van der Waals surface area contributed by atoms with Crippen molar-refractivity contribution in [1.82, 2.24) is 0 Å². The molecule has 4 saturated heterocycles. The van der Waals surface area contributed by atoms with Crippen LogP contribution in [0.5, 0.6) is 0 Å². The summed E-state index contributed by atoms with van der Waals surface area (Å²) < 4.78 is 60.7. The van der Waals surface area contributed by atoms with E-state index in [9.17, 15) is 30.0 Å². The van der Waals surface area contributed by atoms with Crippen molar-refractivity contribution in [2.75, 3.05) is 39.6 Å². The van der Waals surface area contributed by atoms with E-state index in [4.69, 9.17) is 57.2 Å². The third-order valence-corrected chi connectivity index (χ3v) is 17.3. The second-order valence-electron chi connectivity index (χ2n) is 27.4. The number of carbonyl (C=O) groups excluding carboxylic acids is 2. The molecule has 8 fully saturated rings. The minimum absolute atomic E-state index is 0. The van der Waals surface area contributed by atoms with Crippen LogP contribution >= 0.6 is 0 Å². The van der Waals surface area contributed by atoms with E-state index in [0.29, 0.717) is 76.1 Å². The minimum atomic E-state index is -0.447. The summed E-state index contributed by atoms with van der Waals surface area (Å²) >= 11 is 0. The molecular weight excluding hydrogens is 1120 g/mol. The van der Waals surface area contributed by atoms with Crippen LogP contribution < -0.4 is 0 Å². The molecule has 4 aliphatic heterocycles. The number of aliphatic hydroxyl groups is 5. The van der Waals surface area contributed by atoms with Crippen LogP contribution in [-0.4, -0.2) is 205 Å². The zero-order valence-electron chi connectivity index (χ0n) is 57.7. The molecule has 18 heteroatoms. The van der Waals surface area contributed by atoms with E-state index in [-0.39, 0.29) is 128 Å². The van der Waals surface area contributed by atoms with Crippen LogP contribution in [0.4, 0.5) is 0 Å². The lowest BCUT2D eigenvalue weighted by atomic mass is 9.65. The first-order chi connectivity index (χ1) is 40.4. The first-order valence-electron chi connectivity index (χ1n) is 33.7. The van der Waals surface area contributed by atoms with Crippen molar-refractivity contribution < 1.29 is 87.2 Å². The second kappa shape index (κ2) is 42.8. The number of aliphatic hydroxyl groups excluding tert-OH is 5. The lowest BCUT2D eigenvalue weighted by Crippen LogP contribution is -2.45. The zero-order valence-corrected chi connectivity index (χ0v) is 57.7. The fraction of sp³-hybridized carbons (Fsp3) is 0.971. The molecule has 0 aromatic rings. The quantitative estimate of drug-likeness (QED) is 0.0677. The van der Waals surface area contributed by atoms with Crippen molar-refractivity contribution in [2.45, 2.75) is 370 Å². The van der Waals surface area contributed by atoms with Gasteiger partial charge in [0.05, 0.1) is 142 Å². The van der Waals surface area contributed by atoms with E-state index in [0.717, 1.165) is 89.9 Å². The first kappa shape index (κ1) is 83.7. The third kappa shape index (κ3) is 31.0. The van der Waals surface area contributed by atoms with Gasteiger partial charge in [-0.15, -0.1) is 0 Å². The fourth-order valence-electron chi connectivity index (χ4n) is 12.1. The van der Waals surface area contributed by atoms with E-state index in [1.807, 2.05) is 90.0 Å². The highest BCUT2D eigenvalue weighted by Crippen LogP contribution is 2.47. The summed E-state index contributed by atoms with van der Waals surface area (Å²) in [5.41, 5.74) is 0.115. The lowest BCUT2D eigenvalue weighted by Gasteiger charge is -2.46. The molecule has 8 rings (SSSR count). The molecule has 8 aliphatic rings. The monoisotopic (exact) mass is 1250 g/mol. The second-order valence-corrected chi connectivity index (χ2v) is 27.4. The largest absolute Gasteiger partial charge is 0.396 e. The normalized spacial score (nSPS) is 33.7. The van der Waals surface area contributed by atoms with Crippen LogP contribution in [0.3, 0.4) is 0 Å². The summed E-state index contributed by atoms with van der Waals surface area (Å²) in [4.78, 5) is 22.2. The van der Waals surface area contributed by atoms with Crippen LogP contribution in [0.25, 0.3) is 0 Å². The summed E-state index contributed by atoms with van der Waals surface area (Å²) in [6.07, 6.45) is 15.8. The van der Waals surface area contributed by atoms with Crippen LogP contribution in [0.1, 0.15) is 242 Å². The number of ether oxygens (including phenoxy) is 11. The summed E-state index contributed by atoms with van der Waals surface area (Å²) in [6.45, 7) is 42.8. The molecule has 15 atom stereocenters. The Morgan fingerprint density at radius 1 is 0.506 bits per heavy atom. The Balaban J connectivity index is 0.000000507. The SMILES string of the molecule is C.CC(=O)C1(COC(C)C)CC1.CC(=O)[C@H]1CCC[C@H](OC(C)C)C1.CC(C)O[C@@H]1CC[C@H]2[C@@H]1OC[C@H]2O.CCC1(CO)CC(OC(C)C)C1.CC[C@@H]1OC[C@@H](OC(C)C)[C@H]1O.CC[C@H]1OC[C@H](OC(C)C)C[C@@H]1O.CC[C@H]1OC[C@H](OC(C)C)[C@@H]1O. The van der Waals surface area contributed by atoms with Gasteiger partial charge in [0.2, 0.25) is 0 Å². The van der Waals surface area contributed by atoms with Gasteiger partial charge in [0.1, 0.15) is 36.0 Å². The molecule has 4 heterocycles. The lowest BCUT2D eigenvalue weighted by molar-refractivity contribution is -0.151. The van der Waals surface area contributed by atoms with Crippen LogP contribution in [0.2, 0.25) is 0 Å². The Morgan fingerprint density at radius 2 is 0.966 bits per heavy atom. The predicted octanol–water partition coefficient (Wildman–Crippen LogP) is 11.1. The molecule has 0 bridgehead atoms. The van der Waals surface area contributed by atoms with Crippen LogP contribution in [0.15, 0.2) is 0 Å². The molecule has 0 spiro atoms. The first-order valence-corrected chi connectivity index (χ1v) is 33.7. The Morgan fingerprint density at radius 3 is 1.36 bits per heavy atom. The molecule has 0 aromatic heterocycles. The molecule has 518 valence electrons. The highest BCUT2D eigenvalue weighted by molar-refractivity contribution is 5.85. The fourth-order valence-corrected chi connectivity index (χ4v) is 12.1. The van der Waals surface area contributed by atoms with Gasteiger partial charge in [-0.3, -0.25) is 9.59 Å². The molecule has 4 saturated carbocycles. The Bertz CT molecular complexity index is 1730. The number of hydrogen-bond donors (Lipinski definition) is 5. The third-order valence-electron chi connectivity index (χ3n) is 17.3. The summed E-state index contributed by atoms with van der Waals surface area (Å²) in [6, 6.07) is 0. The van der Waals surface area contributed by atoms with Gasteiger partial charge >= 0.3 is 0 Å². The van der Waals surface area contributed by atoms with Crippen molar-refractivity contribution in [2.24, 2.45) is 22.7 Å². The Kier molecular flexibility index (Phi) is 41.2. The summed E-state index contributed by atoms with van der Waals surface area (Å²) in [5.74, 6) is 1.21. The number of Topliss-reactive ketones (excluding diaryl/α,β-unsaturated/α-hetero) is 2. The van der Waals surface area contributed by atoms with Crippen LogP contribution in [0, 0.1) is 22.7 Å². The summed E-state index contributed by atoms with van der Waals surface area (Å²) in [7, 11) is 0. The van der Waals surface area contributed by atoms with Gasteiger partial charge in [0.15, 0.2) is 0 Å². The molecular formula is C69H134O18. The van der Waals surface area contributed by atoms with Crippen molar-refractivity contribution in [3.05, 3.63) is 0 Å². The maximum Gasteiger partial charge on any atom is 0.138 e.